The maximum atomic E-state index is 12.5. The summed E-state index contributed by atoms with van der Waals surface area (Å²) in [7, 11) is 0. The molecule has 1 aliphatic carbocycles. The molecule has 2 unspecified atom stereocenters. The molecular formula is C22H29N5O4. The van der Waals surface area contributed by atoms with Crippen molar-refractivity contribution in [2.75, 3.05) is 32.8 Å². The number of nitrogens with zero attached hydrogens (tertiary/aromatic N) is 4. The van der Waals surface area contributed by atoms with Crippen molar-refractivity contribution in [1.82, 2.24) is 25.2 Å². The number of aliphatic carboxylic acids is 1. The number of aromatic nitrogens is 3. The Kier molecular flexibility index (Phi) is 6.62. The first-order valence-electron chi connectivity index (χ1n) is 10.9. The number of rotatable bonds is 9. The molecule has 1 saturated carbocycles. The zero-order chi connectivity index (χ0) is 21.8. The SMILES string of the molecule is CCN1CCOC(CNC(=O)c2ccc(-n3cc(CC(C(=O)O)C4CC4)nn3)cc2)C1. The molecule has 1 saturated heterocycles. The second-order valence-electron chi connectivity index (χ2n) is 8.28. The molecule has 2 N–H and O–H groups in total. The van der Waals surface area contributed by atoms with Gasteiger partial charge < -0.3 is 15.2 Å². The first kappa shape index (κ1) is 21.5. The van der Waals surface area contributed by atoms with E-state index in [1.165, 1.54) is 0 Å². The van der Waals surface area contributed by atoms with Crippen LogP contribution in [0.15, 0.2) is 30.5 Å². The third kappa shape index (κ3) is 5.48. The zero-order valence-electron chi connectivity index (χ0n) is 17.7. The molecule has 166 valence electrons. The van der Waals surface area contributed by atoms with Crippen molar-refractivity contribution in [2.45, 2.75) is 32.3 Å². The van der Waals surface area contributed by atoms with E-state index in [0.29, 0.717) is 30.8 Å². The minimum absolute atomic E-state index is 0.00996. The van der Waals surface area contributed by atoms with Crippen LogP contribution < -0.4 is 5.32 Å². The first-order chi connectivity index (χ1) is 15.0. The largest absolute Gasteiger partial charge is 0.481 e. The number of hydrogen-bond donors (Lipinski definition) is 2. The van der Waals surface area contributed by atoms with E-state index in [1.54, 1.807) is 35.1 Å². The predicted molar refractivity (Wildman–Crippen MR) is 113 cm³/mol. The highest BCUT2D eigenvalue weighted by molar-refractivity contribution is 5.94. The maximum Gasteiger partial charge on any atom is 0.307 e. The lowest BCUT2D eigenvalue weighted by Crippen LogP contribution is -2.47. The minimum Gasteiger partial charge on any atom is -0.481 e. The van der Waals surface area contributed by atoms with Gasteiger partial charge in [0.25, 0.3) is 5.91 Å². The average Bonchev–Trinajstić information content (AvgIpc) is 3.53. The Morgan fingerprint density at radius 2 is 2.06 bits per heavy atom. The third-order valence-electron chi connectivity index (χ3n) is 6.03. The molecule has 1 aromatic heterocycles. The highest BCUT2D eigenvalue weighted by Gasteiger charge is 2.36. The van der Waals surface area contributed by atoms with Crippen LogP contribution in [0.4, 0.5) is 0 Å². The van der Waals surface area contributed by atoms with E-state index in [0.717, 1.165) is 38.2 Å². The topological polar surface area (TPSA) is 110 Å². The Morgan fingerprint density at radius 1 is 1.29 bits per heavy atom. The molecule has 2 atom stereocenters. The lowest BCUT2D eigenvalue weighted by molar-refractivity contribution is -0.142. The predicted octanol–water partition coefficient (Wildman–Crippen LogP) is 1.37. The van der Waals surface area contributed by atoms with Crippen LogP contribution in [-0.2, 0) is 16.0 Å². The van der Waals surface area contributed by atoms with Crippen LogP contribution in [0.2, 0.25) is 0 Å². The molecule has 1 aliphatic heterocycles. The van der Waals surface area contributed by atoms with E-state index in [4.69, 9.17) is 4.74 Å². The van der Waals surface area contributed by atoms with Gasteiger partial charge in [0.1, 0.15) is 0 Å². The lowest BCUT2D eigenvalue weighted by Gasteiger charge is -2.32. The number of nitrogens with one attached hydrogen (secondary N) is 1. The first-order valence-corrected chi connectivity index (χ1v) is 10.9. The summed E-state index contributed by atoms with van der Waals surface area (Å²) in [5.74, 6) is -1.05. The average molecular weight is 428 g/mol. The molecule has 2 heterocycles. The van der Waals surface area contributed by atoms with Crippen molar-refractivity contribution in [2.24, 2.45) is 11.8 Å². The molecule has 1 aromatic carbocycles. The molecule has 4 rings (SSSR count). The Hall–Kier alpha value is -2.78. The fourth-order valence-electron chi connectivity index (χ4n) is 3.96. The standard InChI is InChI=1S/C22H29N5O4/c1-2-26-9-10-31-19(14-26)12-23-21(28)16-5-7-18(8-6-16)27-13-17(24-25-27)11-20(22(29)30)15-3-4-15/h5-8,13,15,19-20H,2-4,9-12,14H2,1H3,(H,23,28)(H,29,30). The molecule has 0 radical (unpaired) electrons. The van der Waals surface area contributed by atoms with Crippen LogP contribution in [0.1, 0.15) is 35.8 Å². The fraction of sp³-hybridized carbons (Fsp3) is 0.545. The Bertz CT molecular complexity index is 909. The van der Waals surface area contributed by atoms with E-state index in [1.807, 2.05) is 0 Å². The van der Waals surface area contributed by atoms with Gasteiger partial charge in [-0.05, 0) is 49.6 Å². The van der Waals surface area contributed by atoms with Crippen LogP contribution in [-0.4, -0.2) is 75.8 Å². The summed E-state index contributed by atoms with van der Waals surface area (Å²) in [5.41, 5.74) is 1.99. The number of morpholine rings is 1. The second-order valence-corrected chi connectivity index (χ2v) is 8.28. The molecule has 9 nitrogen and oxygen atoms in total. The number of carbonyl (C=O) groups is 2. The number of amides is 1. The van der Waals surface area contributed by atoms with Crippen LogP contribution in [0, 0.1) is 11.8 Å². The van der Waals surface area contributed by atoms with E-state index in [2.05, 4.69) is 27.5 Å². The van der Waals surface area contributed by atoms with E-state index in [-0.39, 0.29) is 17.9 Å². The van der Waals surface area contributed by atoms with Gasteiger partial charge in [0.15, 0.2) is 0 Å². The van der Waals surface area contributed by atoms with Gasteiger partial charge in [0.2, 0.25) is 0 Å². The summed E-state index contributed by atoms with van der Waals surface area (Å²) < 4.78 is 7.33. The molecule has 9 heteroatoms. The van der Waals surface area contributed by atoms with Crippen LogP contribution in [0.3, 0.4) is 0 Å². The summed E-state index contributed by atoms with van der Waals surface area (Å²) in [6, 6.07) is 7.10. The van der Waals surface area contributed by atoms with Crippen molar-refractivity contribution in [3.8, 4) is 5.69 Å². The van der Waals surface area contributed by atoms with Gasteiger partial charge >= 0.3 is 5.97 Å². The normalized spacial score (nSPS) is 20.4. The number of carboxylic acids is 1. The molecule has 0 spiro atoms. The number of hydrogen-bond acceptors (Lipinski definition) is 6. The van der Waals surface area contributed by atoms with Gasteiger partial charge in [-0.3, -0.25) is 14.5 Å². The third-order valence-corrected chi connectivity index (χ3v) is 6.03. The summed E-state index contributed by atoms with van der Waals surface area (Å²) >= 11 is 0. The van der Waals surface area contributed by atoms with Crippen molar-refractivity contribution < 1.29 is 19.4 Å². The Balaban J connectivity index is 1.32. The van der Waals surface area contributed by atoms with Crippen LogP contribution in [0.5, 0.6) is 0 Å². The summed E-state index contributed by atoms with van der Waals surface area (Å²) in [6.07, 6.45) is 4.10. The van der Waals surface area contributed by atoms with Crippen molar-refractivity contribution in [1.29, 1.82) is 0 Å². The highest BCUT2D eigenvalue weighted by Crippen LogP contribution is 2.38. The molecule has 2 fully saturated rings. The molecule has 2 aromatic rings. The van der Waals surface area contributed by atoms with Gasteiger partial charge in [-0.25, -0.2) is 4.68 Å². The number of ether oxygens (including phenoxy) is 1. The molecular weight excluding hydrogens is 398 g/mol. The minimum atomic E-state index is -0.770. The van der Waals surface area contributed by atoms with Crippen molar-refractivity contribution in [3.63, 3.8) is 0 Å². The lowest BCUT2D eigenvalue weighted by atomic mass is 9.98. The maximum absolute atomic E-state index is 12.5. The van der Waals surface area contributed by atoms with E-state index < -0.39 is 11.9 Å². The molecule has 1 amide bonds. The van der Waals surface area contributed by atoms with Gasteiger partial charge in [-0.15, -0.1) is 5.10 Å². The van der Waals surface area contributed by atoms with Gasteiger partial charge in [0, 0.05) is 31.6 Å². The Labute approximate surface area is 181 Å². The smallest absolute Gasteiger partial charge is 0.307 e. The van der Waals surface area contributed by atoms with Gasteiger partial charge in [-0.1, -0.05) is 12.1 Å². The van der Waals surface area contributed by atoms with E-state index in [9.17, 15) is 14.7 Å². The molecule has 0 bridgehead atoms. The van der Waals surface area contributed by atoms with Crippen molar-refractivity contribution >= 4 is 11.9 Å². The van der Waals surface area contributed by atoms with Gasteiger partial charge in [-0.2, -0.15) is 0 Å². The summed E-state index contributed by atoms with van der Waals surface area (Å²) in [4.78, 5) is 26.2. The second kappa shape index (κ2) is 9.57. The number of benzene rings is 1. The van der Waals surface area contributed by atoms with Crippen LogP contribution >= 0.6 is 0 Å². The van der Waals surface area contributed by atoms with Crippen LogP contribution in [0.25, 0.3) is 5.69 Å². The summed E-state index contributed by atoms with van der Waals surface area (Å²) in [6.45, 7) is 6.04. The highest BCUT2D eigenvalue weighted by atomic mass is 16.5. The van der Waals surface area contributed by atoms with Gasteiger partial charge in [0.05, 0.1) is 36.2 Å². The van der Waals surface area contributed by atoms with E-state index >= 15 is 0 Å². The monoisotopic (exact) mass is 427 g/mol. The molecule has 2 aliphatic rings. The quantitative estimate of drug-likeness (QED) is 0.622. The number of likely N-dealkylation sites (N-methyl/N-ethyl adjacent to an activating group) is 1. The number of carbonyl (C=O) groups excluding carboxylic acids is 1. The number of carboxylic acid groups (broad SMARTS) is 1. The summed E-state index contributed by atoms with van der Waals surface area (Å²) in [5, 5.41) is 20.6. The Morgan fingerprint density at radius 3 is 2.74 bits per heavy atom. The zero-order valence-corrected chi connectivity index (χ0v) is 17.7. The fourth-order valence-corrected chi connectivity index (χ4v) is 3.96. The molecule has 31 heavy (non-hydrogen) atoms. The van der Waals surface area contributed by atoms with Crippen molar-refractivity contribution in [3.05, 3.63) is 41.7 Å².